The van der Waals surface area contributed by atoms with Crippen molar-refractivity contribution >= 4 is 27.5 Å². The van der Waals surface area contributed by atoms with Crippen molar-refractivity contribution in [3.8, 4) is 11.6 Å². The van der Waals surface area contributed by atoms with E-state index in [2.05, 4.69) is 33.4 Å². The number of ether oxygens (including phenoxy) is 1. The molecule has 0 saturated heterocycles. The molecule has 2 N–H and O–H groups in total. The predicted molar refractivity (Wildman–Crippen MR) is 138 cm³/mol. The second-order valence-corrected chi connectivity index (χ2v) is 21.9. The number of phenolic OH excluding ortho intramolecular Hbond substituents is 1. The zero-order chi connectivity index (χ0) is 23.4. The van der Waals surface area contributed by atoms with E-state index in [1.165, 1.54) is 55.4 Å². The molecule has 0 aliphatic rings. The SMILES string of the molecule is C=C(c1ccc(O)cc1)c1cnc(OCCO)[c]([Sn]([CH2]CCC)([CH2]CCC)[CH2]CCC)c1. The third-order valence-corrected chi connectivity index (χ3v) is 21.8. The summed E-state index contributed by atoms with van der Waals surface area (Å²) in [4.78, 5) is 4.78. The Bertz CT molecular complexity index is 814. The number of aliphatic hydroxyl groups is 1. The summed E-state index contributed by atoms with van der Waals surface area (Å²) in [6, 6.07) is 9.50. The number of aromatic nitrogens is 1. The molecule has 32 heavy (non-hydrogen) atoms. The molecule has 2 rings (SSSR count). The van der Waals surface area contributed by atoms with Crippen LogP contribution in [0.25, 0.3) is 5.57 Å². The van der Waals surface area contributed by atoms with Gasteiger partial charge in [0.2, 0.25) is 0 Å². The number of unbranched alkanes of at least 4 members (excludes halogenated alkanes) is 3. The summed E-state index contributed by atoms with van der Waals surface area (Å²) >= 11 is -2.82. The Morgan fingerprint density at radius 3 is 2.00 bits per heavy atom. The number of aliphatic hydroxyl groups excluding tert-OH is 1. The van der Waals surface area contributed by atoms with E-state index in [1.807, 2.05) is 18.3 Å². The molecule has 2 aromatic rings. The van der Waals surface area contributed by atoms with Crippen molar-refractivity contribution in [1.82, 2.24) is 4.98 Å². The molecule has 0 atom stereocenters. The fourth-order valence-corrected chi connectivity index (χ4v) is 20.7. The Morgan fingerprint density at radius 2 is 1.50 bits per heavy atom. The molecule has 0 bridgehead atoms. The van der Waals surface area contributed by atoms with Crippen LogP contribution in [0.15, 0.2) is 43.1 Å². The summed E-state index contributed by atoms with van der Waals surface area (Å²) < 4.78 is 11.3. The van der Waals surface area contributed by atoms with Crippen LogP contribution in [0.3, 0.4) is 0 Å². The second kappa shape index (κ2) is 13.9. The number of pyridine rings is 1. The number of phenols is 1. The molecule has 1 aromatic carbocycles. The summed E-state index contributed by atoms with van der Waals surface area (Å²) in [5.41, 5.74) is 2.91. The Hall–Kier alpha value is -1.53. The zero-order valence-corrected chi connectivity index (χ0v) is 23.1. The molecule has 0 unspecified atom stereocenters. The van der Waals surface area contributed by atoms with E-state index < -0.39 is 18.4 Å². The summed E-state index contributed by atoms with van der Waals surface area (Å²) in [5, 5.41) is 19.0. The third-order valence-electron chi connectivity index (χ3n) is 6.34. The summed E-state index contributed by atoms with van der Waals surface area (Å²) in [6.45, 7) is 11.4. The average Bonchev–Trinajstić information content (AvgIpc) is 2.82. The molecule has 0 fully saturated rings. The third kappa shape index (κ3) is 7.24. The second-order valence-electron chi connectivity index (χ2n) is 8.77. The van der Waals surface area contributed by atoms with Crippen molar-refractivity contribution in [2.24, 2.45) is 0 Å². The van der Waals surface area contributed by atoms with E-state index in [4.69, 9.17) is 9.72 Å². The predicted octanol–water partition coefficient (Wildman–Crippen LogP) is 6.28. The molecule has 0 aliphatic heterocycles. The van der Waals surface area contributed by atoms with E-state index in [9.17, 15) is 10.2 Å². The Morgan fingerprint density at radius 1 is 0.938 bits per heavy atom. The van der Waals surface area contributed by atoms with Gasteiger partial charge in [-0.15, -0.1) is 0 Å². The van der Waals surface area contributed by atoms with Gasteiger partial charge >= 0.3 is 199 Å². The molecule has 176 valence electrons. The number of benzene rings is 1. The van der Waals surface area contributed by atoms with Gasteiger partial charge in [-0.1, -0.05) is 0 Å². The van der Waals surface area contributed by atoms with Crippen LogP contribution in [0.2, 0.25) is 13.3 Å². The van der Waals surface area contributed by atoms with E-state index >= 15 is 0 Å². The van der Waals surface area contributed by atoms with Crippen molar-refractivity contribution < 1.29 is 14.9 Å². The number of rotatable bonds is 15. The minimum absolute atomic E-state index is 0.00944. The van der Waals surface area contributed by atoms with Gasteiger partial charge in [-0.2, -0.15) is 0 Å². The van der Waals surface area contributed by atoms with Crippen LogP contribution in [0, 0.1) is 0 Å². The zero-order valence-electron chi connectivity index (χ0n) is 20.2. The maximum absolute atomic E-state index is 9.66. The number of hydrogen-bond donors (Lipinski definition) is 2. The summed E-state index contributed by atoms with van der Waals surface area (Å²) in [5.74, 6) is 0.988. The first-order valence-corrected chi connectivity index (χ1v) is 19.7. The molecule has 1 aromatic heterocycles. The van der Waals surface area contributed by atoms with Crippen molar-refractivity contribution in [3.05, 3.63) is 54.2 Å². The molecule has 0 saturated carbocycles. The molecule has 5 heteroatoms. The van der Waals surface area contributed by atoms with Crippen LogP contribution in [-0.4, -0.2) is 46.8 Å². The fourth-order valence-electron chi connectivity index (χ4n) is 4.41. The first-order valence-electron chi connectivity index (χ1n) is 12.2. The van der Waals surface area contributed by atoms with E-state index in [1.54, 1.807) is 12.1 Å². The number of aromatic hydroxyl groups is 1. The van der Waals surface area contributed by atoms with Gasteiger partial charge in [0.15, 0.2) is 0 Å². The number of nitrogens with zero attached hydrogens (tertiary/aromatic N) is 1. The van der Waals surface area contributed by atoms with Gasteiger partial charge in [-0.3, -0.25) is 0 Å². The van der Waals surface area contributed by atoms with Gasteiger partial charge in [0, 0.05) is 0 Å². The van der Waals surface area contributed by atoms with Gasteiger partial charge in [0.25, 0.3) is 0 Å². The van der Waals surface area contributed by atoms with Crippen LogP contribution >= 0.6 is 0 Å². The monoisotopic (exact) mass is 547 g/mol. The van der Waals surface area contributed by atoms with Gasteiger partial charge in [-0.25, -0.2) is 0 Å². The minimum atomic E-state index is -2.82. The Kier molecular flexibility index (Phi) is 11.6. The van der Waals surface area contributed by atoms with Crippen LogP contribution < -0.4 is 8.32 Å². The van der Waals surface area contributed by atoms with Crippen LogP contribution in [0.1, 0.15) is 70.4 Å². The van der Waals surface area contributed by atoms with Gasteiger partial charge in [0.1, 0.15) is 0 Å². The quantitative estimate of drug-likeness (QED) is 0.259. The Labute approximate surface area is 198 Å². The van der Waals surface area contributed by atoms with Gasteiger partial charge < -0.3 is 0 Å². The molecule has 4 nitrogen and oxygen atoms in total. The van der Waals surface area contributed by atoms with Crippen LogP contribution in [-0.2, 0) is 0 Å². The maximum atomic E-state index is 9.66. The fraction of sp³-hybridized carbons (Fsp3) is 0.519. The standard InChI is InChI=1S/C15H14NO3.3C4H9.Sn/c1-11(12-2-5-14(18)6-3-12)13-4-7-15(16-10-13)19-9-8-17;3*1-3-4-2;/h2-6,10,17-18H,1,8-9H2;3*1,3-4H2,2H3;. The molecular weight excluding hydrogens is 505 g/mol. The van der Waals surface area contributed by atoms with Crippen molar-refractivity contribution in [1.29, 1.82) is 0 Å². The Balaban J connectivity index is 2.58. The molecule has 1 heterocycles. The van der Waals surface area contributed by atoms with E-state index in [-0.39, 0.29) is 19.0 Å². The number of hydrogen-bond acceptors (Lipinski definition) is 4. The topological polar surface area (TPSA) is 62.6 Å². The van der Waals surface area contributed by atoms with Gasteiger partial charge in [0.05, 0.1) is 0 Å². The summed E-state index contributed by atoms with van der Waals surface area (Å²) in [7, 11) is 0. The van der Waals surface area contributed by atoms with Gasteiger partial charge in [-0.05, 0) is 0 Å². The average molecular weight is 546 g/mol. The molecular formula is C27H41NO3Sn. The van der Waals surface area contributed by atoms with E-state index in [0.717, 1.165) is 22.6 Å². The first kappa shape index (κ1) is 26.7. The molecule has 0 spiro atoms. The molecule has 0 aliphatic carbocycles. The van der Waals surface area contributed by atoms with Crippen molar-refractivity contribution in [3.63, 3.8) is 0 Å². The van der Waals surface area contributed by atoms with Crippen LogP contribution in [0.5, 0.6) is 11.6 Å². The van der Waals surface area contributed by atoms with E-state index in [0.29, 0.717) is 0 Å². The first-order chi connectivity index (χ1) is 15.5. The van der Waals surface area contributed by atoms with Crippen LogP contribution in [0.4, 0.5) is 0 Å². The molecule has 0 radical (unpaired) electrons. The molecule has 0 amide bonds. The summed E-state index contributed by atoms with van der Waals surface area (Å²) in [6.07, 6.45) is 9.23. The normalized spacial score (nSPS) is 11.5. The van der Waals surface area contributed by atoms with Crippen molar-refractivity contribution in [2.45, 2.75) is 72.6 Å². The van der Waals surface area contributed by atoms with Crippen molar-refractivity contribution in [2.75, 3.05) is 13.2 Å².